The summed E-state index contributed by atoms with van der Waals surface area (Å²) in [6.07, 6.45) is 1.39. The van der Waals surface area contributed by atoms with Crippen LogP contribution in [-0.2, 0) is 14.3 Å². The van der Waals surface area contributed by atoms with Crippen molar-refractivity contribution >= 4 is 23.8 Å². The number of esters is 1. The molecule has 0 aliphatic carbocycles. The molecule has 1 atom stereocenters. The Morgan fingerprint density at radius 3 is 2.92 bits per heavy atom. The van der Waals surface area contributed by atoms with Crippen LogP contribution in [0, 0.1) is 0 Å². The number of hydrogen-bond acceptors (Lipinski definition) is 4. The summed E-state index contributed by atoms with van der Waals surface area (Å²) >= 11 is 0. The smallest absolute Gasteiger partial charge is 0.340 e. The number of rotatable bonds is 2. The topological polar surface area (TPSA) is 68.1 Å². The Bertz CT molecular complexity index is 294. The normalized spacial score (nSPS) is 21.2. The molecule has 0 saturated carbocycles. The molecule has 13 heavy (non-hydrogen) atoms. The van der Waals surface area contributed by atoms with Gasteiger partial charge in [0.15, 0.2) is 0 Å². The van der Waals surface area contributed by atoms with E-state index in [0.29, 0.717) is 5.71 Å². The Kier molecular flexibility index (Phi) is 2.89. The summed E-state index contributed by atoms with van der Waals surface area (Å²) in [5, 5.41) is 0. The lowest BCUT2D eigenvalue weighted by Gasteiger charge is -2.10. The summed E-state index contributed by atoms with van der Waals surface area (Å²) in [5.74, 6) is -1.20. The molecule has 0 bridgehead atoms. The van der Waals surface area contributed by atoms with Gasteiger partial charge in [-0.2, -0.15) is 0 Å². The quantitative estimate of drug-likeness (QED) is 0.445. The maximum Gasteiger partial charge on any atom is 0.340 e. The maximum absolute atomic E-state index is 11.1. The molecule has 0 radical (unpaired) electrons. The van der Waals surface area contributed by atoms with Gasteiger partial charge in [0, 0.05) is 6.21 Å². The highest BCUT2D eigenvalue weighted by Gasteiger charge is 2.28. The van der Waals surface area contributed by atoms with Crippen LogP contribution >= 0.6 is 0 Å². The molecule has 5 heteroatoms. The van der Waals surface area contributed by atoms with Crippen molar-refractivity contribution in [3.63, 3.8) is 0 Å². The molecule has 1 rings (SSSR count). The van der Waals surface area contributed by atoms with E-state index in [2.05, 4.69) is 14.7 Å². The lowest BCUT2D eigenvalue weighted by Crippen LogP contribution is -2.32. The highest BCUT2D eigenvalue weighted by atomic mass is 16.5. The minimum absolute atomic E-state index is 0.237. The van der Waals surface area contributed by atoms with Gasteiger partial charge in [-0.15, -0.1) is 0 Å². The number of aliphatic imine (C=N–C) groups is 2. The SMILES string of the molecule is CCOC(=O)C1N=CC(C)=NC1=O. The monoisotopic (exact) mass is 182 g/mol. The van der Waals surface area contributed by atoms with Gasteiger partial charge >= 0.3 is 5.97 Å². The fourth-order valence-corrected chi connectivity index (χ4v) is 0.893. The second kappa shape index (κ2) is 3.93. The van der Waals surface area contributed by atoms with Crippen molar-refractivity contribution in [1.82, 2.24) is 0 Å². The third-order valence-corrected chi connectivity index (χ3v) is 1.44. The van der Waals surface area contributed by atoms with E-state index in [9.17, 15) is 9.59 Å². The second-order valence-corrected chi connectivity index (χ2v) is 2.52. The fraction of sp³-hybridized carbons (Fsp3) is 0.500. The van der Waals surface area contributed by atoms with Crippen LogP contribution in [0.3, 0.4) is 0 Å². The first-order valence-electron chi connectivity index (χ1n) is 3.94. The van der Waals surface area contributed by atoms with E-state index >= 15 is 0 Å². The third kappa shape index (κ3) is 2.21. The van der Waals surface area contributed by atoms with Crippen LogP contribution < -0.4 is 0 Å². The Morgan fingerprint density at radius 2 is 2.38 bits per heavy atom. The van der Waals surface area contributed by atoms with Crippen molar-refractivity contribution in [1.29, 1.82) is 0 Å². The predicted octanol–water partition coefficient (Wildman–Crippen LogP) is -0.0100. The molecule has 70 valence electrons. The van der Waals surface area contributed by atoms with Gasteiger partial charge in [-0.25, -0.2) is 9.79 Å². The van der Waals surface area contributed by atoms with E-state index in [-0.39, 0.29) is 6.61 Å². The van der Waals surface area contributed by atoms with Crippen molar-refractivity contribution in [2.45, 2.75) is 19.9 Å². The van der Waals surface area contributed by atoms with Crippen molar-refractivity contribution in [3.8, 4) is 0 Å². The fourth-order valence-electron chi connectivity index (χ4n) is 0.893. The van der Waals surface area contributed by atoms with E-state index in [1.807, 2.05) is 0 Å². The van der Waals surface area contributed by atoms with Crippen LogP contribution in [0.4, 0.5) is 0 Å². The van der Waals surface area contributed by atoms with Crippen LogP contribution in [0.2, 0.25) is 0 Å². The molecule has 0 aromatic carbocycles. The van der Waals surface area contributed by atoms with Gasteiger partial charge in [-0.1, -0.05) is 0 Å². The van der Waals surface area contributed by atoms with E-state index in [0.717, 1.165) is 0 Å². The zero-order chi connectivity index (χ0) is 9.84. The summed E-state index contributed by atoms with van der Waals surface area (Å²) in [6, 6.07) is -1.09. The molecule has 0 aromatic rings. The molecule has 0 aromatic heterocycles. The molecule has 5 nitrogen and oxygen atoms in total. The summed E-state index contributed by atoms with van der Waals surface area (Å²) in [5.41, 5.74) is 0.505. The summed E-state index contributed by atoms with van der Waals surface area (Å²) in [7, 11) is 0. The summed E-state index contributed by atoms with van der Waals surface area (Å²) in [6.45, 7) is 3.55. The molecule has 1 amide bonds. The van der Waals surface area contributed by atoms with Crippen LogP contribution in [0.15, 0.2) is 9.98 Å². The van der Waals surface area contributed by atoms with Gasteiger partial charge in [0.1, 0.15) is 0 Å². The van der Waals surface area contributed by atoms with Crippen LogP contribution in [0.25, 0.3) is 0 Å². The van der Waals surface area contributed by atoms with Gasteiger partial charge in [-0.05, 0) is 13.8 Å². The Morgan fingerprint density at radius 1 is 1.69 bits per heavy atom. The van der Waals surface area contributed by atoms with E-state index < -0.39 is 17.9 Å². The van der Waals surface area contributed by atoms with Crippen LogP contribution in [0.5, 0.6) is 0 Å². The first kappa shape index (κ1) is 9.57. The van der Waals surface area contributed by atoms with Crippen LogP contribution in [-0.4, -0.2) is 36.5 Å². The van der Waals surface area contributed by atoms with Gasteiger partial charge < -0.3 is 4.74 Å². The zero-order valence-electron chi connectivity index (χ0n) is 7.48. The molecule has 0 saturated heterocycles. The third-order valence-electron chi connectivity index (χ3n) is 1.44. The second-order valence-electron chi connectivity index (χ2n) is 2.52. The minimum atomic E-state index is -1.09. The predicted molar refractivity (Wildman–Crippen MR) is 47.0 cm³/mol. The molecule has 1 aliphatic heterocycles. The van der Waals surface area contributed by atoms with Crippen molar-refractivity contribution in [3.05, 3.63) is 0 Å². The first-order chi connectivity index (χ1) is 6.15. The summed E-state index contributed by atoms with van der Waals surface area (Å²) in [4.78, 5) is 29.5. The molecule has 1 aliphatic rings. The van der Waals surface area contributed by atoms with Gasteiger partial charge in [-0.3, -0.25) is 9.79 Å². The molecular weight excluding hydrogens is 172 g/mol. The average Bonchev–Trinajstić information content (AvgIpc) is 2.04. The number of nitrogens with zero attached hydrogens (tertiary/aromatic N) is 2. The standard InChI is InChI=1S/C8H10N2O3/c1-3-13-8(12)6-7(11)10-5(2)4-9-6/h4,6H,3H2,1-2H3. The highest BCUT2D eigenvalue weighted by molar-refractivity contribution is 6.34. The maximum atomic E-state index is 11.1. The van der Waals surface area contributed by atoms with E-state index in [1.165, 1.54) is 6.21 Å². The zero-order valence-corrected chi connectivity index (χ0v) is 7.48. The van der Waals surface area contributed by atoms with Crippen molar-refractivity contribution in [2.75, 3.05) is 6.61 Å². The minimum Gasteiger partial charge on any atom is -0.464 e. The number of carbonyl (C=O) groups is 2. The average molecular weight is 182 g/mol. The van der Waals surface area contributed by atoms with Gasteiger partial charge in [0.25, 0.3) is 5.91 Å². The lowest BCUT2D eigenvalue weighted by atomic mass is 10.2. The number of ether oxygens (including phenoxy) is 1. The molecular formula is C8H10N2O3. The number of amides is 1. The van der Waals surface area contributed by atoms with Gasteiger partial charge in [0.2, 0.25) is 6.04 Å². The molecule has 0 spiro atoms. The summed E-state index contributed by atoms with van der Waals surface area (Å²) < 4.78 is 4.64. The van der Waals surface area contributed by atoms with Crippen molar-refractivity contribution in [2.24, 2.45) is 9.98 Å². The Balaban J connectivity index is 2.70. The number of hydrogen-bond donors (Lipinski definition) is 0. The highest BCUT2D eigenvalue weighted by Crippen LogP contribution is 2.02. The molecule has 1 heterocycles. The first-order valence-corrected chi connectivity index (χ1v) is 3.94. The molecule has 0 fully saturated rings. The van der Waals surface area contributed by atoms with Crippen molar-refractivity contribution < 1.29 is 14.3 Å². The van der Waals surface area contributed by atoms with E-state index in [4.69, 9.17) is 0 Å². The molecule has 0 N–H and O–H groups in total. The Hall–Kier alpha value is -1.52. The largest absolute Gasteiger partial charge is 0.464 e. The molecule has 1 unspecified atom stereocenters. The van der Waals surface area contributed by atoms with E-state index in [1.54, 1.807) is 13.8 Å². The van der Waals surface area contributed by atoms with Gasteiger partial charge in [0.05, 0.1) is 12.3 Å². The Labute approximate surface area is 75.5 Å². The number of carbonyl (C=O) groups excluding carboxylic acids is 2. The lowest BCUT2D eigenvalue weighted by molar-refractivity contribution is -0.147. The van der Waals surface area contributed by atoms with Crippen LogP contribution in [0.1, 0.15) is 13.8 Å².